The van der Waals surface area contributed by atoms with E-state index in [0.717, 1.165) is 31.7 Å². The number of amides is 1. The van der Waals surface area contributed by atoms with Gasteiger partial charge in [-0.25, -0.2) is 0 Å². The zero-order valence-corrected chi connectivity index (χ0v) is 11.0. The summed E-state index contributed by atoms with van der Waals surface area (Å²) in [6.07, 6.45) is 2.37. The minimum absolute atomic E-state index is 0.0171. The van der Waals surface area contributed by atoms with Crippen LogP contribution in [0, 0.1) is 0 Å². The molecule has 1 aromatic carbocycles. The van der Waals surface area contributed by atoms with E-state index in [-0.39, 0.29) is 5.91 Å². The summed E-state index contributed by atoms with van der Waals surface area (Å²) in [5, 5.41) is 3.31. The molecular weight excluding hydrogens is 227 g/mol. The van der Waals surface area contributed by atoms with Gasteiger partial charge in [-0.05, 0) is 57.2 Å². The molecular formula is C13H19BN2O2. The van der Waals surface area contributed by atoms with Crippen LogP contribution in [-0.2, 0) is 0 Å². The Bertz CT molecular complexity index is 400. The number of carbonyl (C=O) groups is 1. The molecule has 2 rings (SSSR count). The quantitative estimate of drug-likeness (QED) is 0.787. The molecule has 1 aliphatic rings. The number of hydrogen-bond acceptors (Lipinski definition) is 3. The van der Waals surface area contributed by atoms with Gasteiger partial charge in [-0.3, -0.25) is 4.79 Å². The monoisotopic (exact) mass is 246 g/mol. The van der Waals surface area contributed by atoms with Crippen molar-refractivity contribution in [1.82, 2.24) is 10.1 Å². The smallest absolute Gasteiger partial charge is 0.241 e. The maximum atomic E-state index is 11.7. The maximum Gasteiger partial charge on any atom is 0.241 e. The zero-order chi connectivity index (χ0) is 13.0. The molecule has 0 saturated carbocycles. The highest BCUT2D eigenvalue weighted by atomic mass is 16.5. The SMILES string of the molecule is BN(C)C(=O)c1ccc(OC2CCNCC2)cc1. The minimum Gasteiger partial charge on any atom is -0.490 e. The first-order chi connectivity index (χ1) is 8.66. The number of benzene rings is 1. The highest BCUT2D eigenvalue weighted by Gasteiger charge is 2.14. The molecule has 1 aromatic rings. The van der Waals surface area contributed by atoms with E-state index in [1.807, 2.05) is 24.3 Å². The van der Waals surface area contributed by atoms with E-state index in [1.54, 1.807) is 19.8 Å². The van der Waals surface area contributed by atoms with Gasteiger partial charge in [-0.15, -0.1) is 0 Å². The summed E-state index contributed by atoms with van der Waals surface area (Å²) in [5.74, 6) is 0.862. The van der Waals surface area contributed by atoms with E-state index in [1.165, 1.54) is 0 Å². The second-order valence-electron chi connectivity index (χ2n) is 4.79. The second-order valence-corrected chi connectivity index (χ2v) is 4.79. The normalized spacial score (nSPS) is 16.3. The van der Waals surface area contributed by atoms with Crippen molar-refractivity contribution in [2.75, 3.05) is 20.1 Å². The molecule has 1 N–H and O–H groups in total. The highest BCUT2D eigenvalue weighted by molar-refractivity contribution is 6.17. The van der Waals surface area contributed by atoms with Crippen molar-refractivity contribution >= 4 is 13.9 Å². The standard InChI is InChI=1S/C13H19BN2O2/c1-16(14)13(17)10-2-4-11(5-3-10)18-12-6-8-15-9-7-12/h2-5,12,15H,6-9,14H2,1H3. The van der Waals surface area contributed by atoms with Crippen molar-refractivity contribution in [3.8, 4) is 5.75 Å². The van der Waals surface area contributed by atoms with Crippen LogP contribution < -0.4 is 10.1 Å². The lowest BCUT2D eigenvalue weighted by Crippen LogP contribution is -2.34. The van der Waals surface area contributed by atoms with Gasteiger partial charge in [0.1, 0.15) is 11.9 Å². The van der Waals surface area contributed by atoms with Crippen molar-refractivity contribution in [2.24, 2.45) is 0 Å². The maximum absolute atomic E-state index is 11.7. The first-order valence-corrected chi connectivity index (χ1v) is 6.36. The summed E-state index contributed by atoms with van der Waals surface area (Å²) in [6, 6.07) is 7.38. The van der Waals surface area contributed by atoms with E-state index < -0.39 is 0 Å². The van der Waals surface area contributed by atoms with E-state index >= 15 is 0 Å². The first kappa shape index (κ1) is 13.0. The van der Waals surface area contributed by atoms with E-state index in [9.17, 15) is 4.79 Å². The fourth-order valence-electron chi connectivity index (χ4n) is 2.04. The Labute approximate surface area is 109 Å². The molecule has 96 valence electrons. The molecule has 0 spiro atoms. The average Bonchev–Trinajstić information content (AvgIpc) is 2.40. The van der Waals surface area contributed by atoms with Gasteiger partial charge in [0, 0.05) is 5.56 Å². The van der Waals surface area contributed by atoms with Crippen molar-refractivity contribution in [3.05, 3.63) is 29.8 Å². The van der Waals surface area contributed by atoms with Gasteiger partial charge in [0.2, 0.25) is 13.9 Å². The third kappa shape index (κ3) is 3.26. The number of nitrogens with one attached hydrogen (secondary N) is 1. The summed E-state index contributed by atoms with van der Waals surface area (Å²) >= 11 is 0. The predicted molar refractivity (Wildman–Crippen MR) is 73.6 cm³/mol. The predicted octanol–water partition coefficient (Wildman–Crippen LogP) is 0.437. The minimum atomic E-state index is 0.0171. The Balaban J connectivity index is 1.96. The van der Waals surface area contributed by atoms with Crippen LogP contribution in [0.1, 0.15) is 23.2 Å². The van der Waals surface area contributed by atoms with Gasteiger partial charge < -0.3 is 14.9 Å². The summed E-state index contributed by atoms with van der Waals surface area (Å²) in [5.41, 5.74) is 0.692. The van der Waals surface area contributed by atoms with Gasteiger partial charge >= 0.3 is 0 Å². The van der Waals surface area contributed by atoms with E-state index in [2.05, 4.69) is 5.32 Å². The fourth-order valence-corrected chi connectivity index (χ4v) is 2.04. The number of rotatable bonds is 3. The Morgan fingerprint density at radius 3 is 2.50 bits per heavy atom. The Hall–Kier alpha value is -1.49. The second kappa shape index (κ2) is 5.91. The van der Waals surface area contributed by atoms with E-state index in [0.29, 0.717) is 11.7 Å². The van der Waals surface area contributed by atoms with Crippen molar-refractivity contribution < 1.29 is 9.53 Å². The van der Waals surface area contributed by atoms with Crippen LogP contribution >= 0.6 is 0 Å². The van der Waals surface area contributed by atoms with E-state index in [4.69, 9.17) is 4.74 Å². The molecule has 0 atom stereocenters. The van der Waals surface area contributed by atoms with Crippen molar-refractivity contribution in [1.29, 1.82) is 0 Å². The van der Waals surface area contributed by atoms with Gasteiger partial charge in [-0.1, -0.05) is 0 Å². The van der Waals surface area contributed by atoms with Gasteiger partial charge in [0.25, 0.3) is 0 Å². The van der Waals surface area contributed by atoms with Crippen molar-refractivity contribution in [2.45, 2.75) is 18.9 Å². The van der Waals surface area contributed by atoms with Gasteiger partial charge in [0.15, 0.2) is 0 Å². The van der Waals surface area contributed by atoms with Gasteiger partial charge in [-0.2, -0.15) is 0 Å². The number of carbonyl (C=O) groups excluding carboxylic acids is 1. The molecule has 0 bridgehead atoms. The first-order valence-electron chi connectivity index (χ1n) is 6.36. The summed E-state index contributed by atoms with van der Waals surface area (Å²) < 4.78 is 5.89. The molecule has 0 radical (unpaired) electrons. The molecule has 0 unspecified atom stereocenters. The largest absolute Gasteiger partial charge is 0.490 e. The zero-order valence-electron chi connectivity index (χ0n) is 11.0. The van der Waals surface area contributed by atoms with Crippen LogP contribution in [0.3, 0.4) is 0 Å². The molecule has 5 heteroatoms. The van der Waals surface area contributed by atoms with Gasteiger partial charge in [0.05, 0.1) is 0 Å². The number of ether oxygens (including phenoxy) is 1. The molecule has 1 saturated heterocycles. The number of piperidine rings is 1. The van der Waals surface area contributed by atoms with Crippen LogP contribution in [0.4, 0.5) is 0 Å². The lowest BCUT2D eigenvalue weighted by Gasteiger charge is -2.23. The summed E-state index contributed by atoms with van der Waals surface area (Å²) in [7, 11) is 3.50. The van der Waals surface area contributed by atoms with Crippen LogP contribution in [0.25, 0.3) is 0 Å². The molecule has 1 aliphatic heterocycles. The third-order valence-electron chi connectivity index (χ3n) is 3.10. The Kier molecular flexibility index (Phi) is 4.26. The van der Waals surface area contributed by atoms with Crippen LogP contribution in [0.2, 0.25) is 0 Å². The topological polar surface area (TPSA) is 41.6 Å². The molecule has 1 amide bonds. The van der Waals surface area contributed by atoms with Crippen LogP contribution in [0.5, 0.6) is 5.75 Å². The Morgan fingerprint density at radius 2 is 1.94 bits per heavy atom. The summed E-state index contributed by atoms with van der Waals surface area (Å²) in [4.78, 5) is 13.3. The molecule has 0 aromatic heterocycles. The lowest BCUT2D eigenvalue weighted by atomic mass is 10.1. The molecule has 1 heterocycles. The Morgan fingerprint density at radius 1 is 1.33 bits per heavy atom. The van der Waals surface area contributed by atoms with Crippen LogP contribution in [-0.4, -0.2) is 44.9 Å². The third-order valence-corrected chi connectivity index (χ3v) is 3.10. The fraction of sp³-hybridized carbons (Fsp3) is 0.462. The lowest BCUT2D eigenvalue weighted by molar-refractivity contribution is 0.0884. The summed E-state index contributed by atoms with van der Waals surface area (Å²) in [6.45, 7) is 2.03. The number of nitrogens with zero attached hydrogens (tertiary/aromatic N) is 1. The highest BCUT2D eigenvalue weighted by Crippen LogP contribution is 2.17. The molecule has 1 fully saturated rings. The molecule has 18 heavy (non-hydrogen) atoms. The molecule has 4 nitrogen and oxygen atoms in total. The van der Waals surface area contributed by atoms with Crippen molar-refractivity contribution in [3.63, 3.8) is 0 Å². The molecule has 0 aliphatic carbocycles. The average molecular weight is 246 g/mol. The number of hydrogen-bond donors (Lipinski definition) is 1. The van der Waals surface area contributed by atoms with Crippen LogP contribution in [0.15, 0.2) is 24.3 Å².